The van der Waals surface area contributed by atoms with E-state index in [4.69, 9.17) is 23.8 Å². The maximum atomic E-state index is 11.9. The third-order valence-electron chi connectivity index (χ3n) is 3.00. The standard InChI is InChI=1S/C13H15ClN4OS/c1-8-3-4-9(7-10(8)14)15-12(19)6-5-11-16-17-13(20)18(11)2/h3-4,7H,5-6H2,1-2H3,(H,15,19)(H,17,20). The number of hydrogen-bond donors (Lipinski definition) is 2. The minimum atomic E-state index is -0.0844. The summed E-state index contributed by atoms with van der Waals surface area (Å²) in [7, 11) is 1.82. The number of carbonyl (C=O) groups is 1. The SMILES string of the molecule is Cc1ccc(NC(=O)CCc2n[nH]c(=S)n2C)cc1Cl. The van der Waals surface area contributed by atoms with Gasteiger partial charge in [-0.05, 0) is 36.8 Å². The van der Waals surface area contributed by atoms with Gasteiger partial charge in [-0.2, -0.15) is 5.10 Å². The highest BCUT2D eigenvalue weighted by Gasteiger charge is 2.08. The maximum Gasteiger partial charge on any atom is 0.224 e. The molecule has 20 heavy (non-hydrogen) atoms. The number of amides is 1. The molecule has 0 radical (unpaired) electrons. The Morgan fingerprint density at radius 2 is 2.30 bits per heavy atom. The molecule has 0 unspecified atom stereocenters. The van der Waals surface area contributed by atoms with Crippen LogP contribution < -0.4 is 5.32 Å². The van der Waals surface area contributed by atoms with Crippen LogP contribution in [0.3, 0.4) is 0 Å². The number of H-pyrrole nitrogens is 1. The molecule has 0 saturated carbocycles. The number of aromatic amines is 1. The smallest absolute Gasteiger partial charge is 0.224 e. The van der Waals surface area contributed by atoms with Crippen molar-refractivity contribution in [2.24, 2.45) is 7.05 Å². The minimum absolute atomic E-state index is 0.0844. The number of rotatable bonds is 4. The third kappa shape index (κ3) is 3.46. The normalized spacial score (nSPS) is 10.6. The second kappa shape index (κ2) is 6.19. The van der Waals surface area contributed by atoms with Crippen molar-refractivity contribution < 1.29 is 4.79 Å². The predicted octanol–water partition coefficient (Wildman–Crippen LogP) is 3.01. The summed E-state index contributed by atoms with van der Waals surface area (Å²) in [6, 6.07) is 5.44. The minimum Gasteiger partial charge on any atom is -0.326 e. The van der Waals surface area contributed by atoms with Crippen LogP contribution >= 0.6 is 23.8 Å². The van der Waals surface area contributed by atoms with Crippen molar-refractivity contribution in [2.45, 2.75) is 19.8 Å². The van der Waals surface area contributed by atoms with Crippen LogP contribution in [0.4, 0.5) is 5.69 Å². The molecule has 0 aliphatic rings. The van der Waals surface area contributed by atoms with Crippen LogP contribution in [-0.4, -0.2) is 20.7 Å². The zero-order valence-corrected chi connectivity index (χ0v) is 12.8. The van der Waals surface area contributed by atoms with Gasteiger partial charge >= 0.3 is 0 Å². The van der Waals surface area contributed by atoms with Crippen molar-refractivity contribution >= 4 is 35.4 Å². The lowest BCUT2D eigenvalue weighted by Crippen LogP contribution is -2.13. The van der Waals surface area contributed by atoms with E-state index < -0.39 is 0 Å². The van der Waals surface area contributed by atoms with Crippen LogP contribution in [0.25, 0.3) is 0 Å². The van der Waals surface area contributed by atoms with E-state index >= 15 is 0 Å². The van der Waals surface area contributed by atoms with E-state index in [0.717, 1.165) is 11.4 Å². The zero-order valence-electron chi connectivity index (χ0n) is 11.2. The van der Waals surface area contributed by atoms with Crippen molar-refractivity contribution in [3.05, 3.63) is 39.4 Å². The van der Waals surface area contributed by atoms with Crippen LogP contribution in [0.5, 0.6) is 0 Å². The summed E-state index contributed by atoms with van der Waals surface area (Å²) in [5.41, 5.74) is 1.67. The molecule has 2 N–H and O–H groups in total. The fourth-order valence-corrected chi connectivity index (χ4v) is 2.05. The van der Waals surface area contributed by atoms with E-state index in [9.17, 15) is 4.79 Å². The highest BCUT2D eigenvalue weighted by Crippen LogP contribution is 2.20. The molecule has 0 saturated heterocycles. The van der Waals surface area contributed by atoms with Gasteiger partial charge in [0.1, 0.15) is 5.82 Å². The Morgan fingerprint density at radius 3 is 2.90 bits per heavy atom. The second-order valence-electron chi connectivity index (χ2n) is 4.52. The molecule has 2 rings (SSSR count). The van der Waals surface area contributed by atoms with E-state index in [2.05, 4.69) is 15.5 Å². The number of benzene rings is 1. The monoisotopic (exact) mass is 310 g/mol. The summed E-state index contributed by atoms with van der Waals surface area (Å²) in [5, 5.41) is 10.2. The van der Waals surface area contributed by atoms with Crippen LogP contribution in [-0.2, 0) is 18.3 Å². The summed E-state index contributed by atoms with van der Waals surface area (Å²) in [6.07, 6.45) is 0.855. The van der Waals surface area contributed by atoms with Gasteiger partial charge in [0.05, 0.1) is 0 Å². The van der Waals surface area contributed by atoms with Crippen LogP contribution in [0, 0.1) is 11.7 Å². The number of halogens is 1. The molecule has 1 amide bonds. The summed E-state index contributed by atoms with van der Waals surface area (Å²) < 4.78 is 2.30. The van der Waals surface area contributed by atoms with E-state index in [0.29, 0.717) is 28.3 Å². The fraction of sp³-hybridized carbons (Fsp3) is 0.308. The fourth-order valence-electron chi connectivity index (χ4n) is 1.72. The van der Waals surface area contributed by atoms with Crippen LogP contribution in [0.2, 0.25) is 5.02 Å². The second-order valence-corrected chi connectivity index (χ2v) is 5.31. The Labute approximate surface area is 127 Å². The molecule has 106 valence electrons. The van der Waals surface area contributed by atoms with Crippen molar-refractivity contribution in [1.29, 1.82) is 0 Å². The number of aromatic nitrogens is 3. The van der Waals surface area contributed by atoms with E-state index in [-0.39, 0.29) is 5.91 Å². The van der Waals surface area contributed by atoms with Gasteiger partial charge in [-0.25, -0.2) is 0 Å². The van der Waals surface area contributed by atoms with Gasteiger partial charge in [0.2, 0.25) is 5.91 Å². The number of hydrogen-bond acceptors (Lipinski definition) is 3. The summed E-state index contributed by atoms with van der Waals surface area (Å²) in [5.74, 6) is 0.672. The van der Waals surface area contributed by atoms with E-state index in [1.54, 1.807) is 10.6 Å². The first kappa shape index (κ1) is 14.7. The lowest BCUT2D eigenvalue weighted by atomic mass is 10.2. The zero-order chi connectivity index (χ0) is 14.7. The maximum absolute atomic E-state index is 11.9. The Balaban J connectivity index is 1.94. The Kier molecular flexibility index (Phi) is 4.57. The Hall–Kier alpha value is -1.66. The van der Waals surface area contributed by atoms with E-state index in [1.165, 1.54) is 0 Å². The molecule has 7 heteroatoms. The Bertz CT molecular complexity index is 692. The van der Waals surface area contributed by atoms with E-state index in [1.807, 2.05) is 26.1 Å². The topological polar surface area (TPSA) is 62.7 Å². The summed E-state index contributed by atoms with van der Waals surface area (Å²) >= 11 is 11.0. The first-order valence-electron chi connectivity index (χ1n) is 6.13. The third-order valence-corrected chi connectivity index (χ3v) is 3.78. The van der Waals surface area contributed by atoms with Gasteiger partial charge < -0.3 is 9.88 Å². The lowest BCUT2D eigenvalue weighted by Gasteiger charge is -2.06. The molecule has 2 aromatic rings. The molecule has 0 spiro atoms. The molecule has 0 fully saturated rings. The first-order chi connectivity index (χ1) is 9.47. The largest absolute Gasteiger partial charge is 0.326 e. The molecule has 1 aromatic heterocycles. The van der Waals surface area contributed by atoms with Crippen molar-refractivity contribution in [3.8, 4) is 0 Å². The number of carbonyl (C=O) groups excluding carboxylic acids is 1. The molecular formula is C13H15ClN4OS. The van der Waals surface area contributed by atoms with Gasteiger partial charge in [0, 0.05) is 30.6 Å². The quantitative estimate of drug-likeness (QED) is 0.853. The average molecular weight is 311 g/mol. The van der Waals surface area contributed by atoms with Gasteiger partial charge in [-0.3, -0.25) is 9.89 Å². The lowest BCUT2D eigenvalue weighted by molar-refractivity contribution is -0.116. The van der Waals surface area contributed by atoms with Crippen molar-refractivity contribution in [2.75, 3.05) is 5.32 Å². The summed E-state index contributed by atoms with van der Waals surface area (Å²) in [6.45, 7) is 1.91. The Morgan fingerprint density at radius 1 is 1.55 bits per heavy atom. The van der Waals surface area contributed by atoms with Gasteiger partial charge in [-0.15, -0.1) is 0 Å². The first-order valence-corrected chi connectivity index (χ1v) is 6.92. The number of nitrogens with one attached hydrogen (secondary N) is 2. The number of anilines is 1. The molecular weight excluding hydrogens is 296 g/mol. The average Bonchev–Trinajstić information content (AvgIpc) is 2.72. The molecule has 5 nitrogen and oxygen atoms in total. The van der Waals surface area contributed by atoms with Gasteiger partial charge in [0.15, 0.2) is 4.77 Å². The molecule has 0 atom stereocenters. The number of nitrogens with zero attached hydrogens (tertiary/aromatic N) is 2. The van der Waals surface area contributed by atoms with Crippen LogP contribution in [0.15, 0.2) is 18.2 Å². The molecule has 0 aliphatic heterocycles. The highest BCUT2D eigenvalue weighted by atomic mass is 35.5. The molecule has 0 bridgehead atoms. The molecule has 1 aromatic carbocycles. The summed E-state index contributed by atoms with van der Waals surface area (Å²) in [4.78, 5) is 11.9. The molecule has 0 aliphatic carbocycles. The van der Waals surface area contributed by atoms with Gasteiger partial charge in [-0.1, -0.05) is 17.7 Å². The van der Waals surface area contributed by atoms with Crippen LogP contribution in [0.1, 0.15) is 17.8 Å². The molecule has 1 heterocycles. The van der Waals surface area contributed by atoms with Gasteiger partial charge in [0.25, 0.3) is 0 Å². The van der Waals surface area contributed by atoms with Crippen molar-refractivity contribution in [1.82, 2.24) is 14.8 Å². The van der Waals surface area contributed by atoms with Crippen molar-refractivity contribution in [3.63, 3.8) is 0 Å². The predicted molar refractivity (Wildman–Crippen MR) is 81.5 cm³/mol. The highest BCUT2D eigenvalue weighted by molar-refractivity contribution is 7.71. The number of aryl methyl sites for hydroxylation is 2.